The number of imide groups is 1. The monoisotopic (exact) mass is 351 g/mol. The third-order valence-corrected chi connectivity index (χ3v) is 4.48. The highest BCUT2D eigenvalue weighted by molar-refractivity contribution is 6.03. The van der Waals surface area contributed by atoms with E-state index in [1.807, 2.05) is 24.3 Å². The third-order valence-electron chi connectivity index (χ3n) is 4.48. The number of anilines is 1. The van der Waals surface area contributed by atoms with Crippen LogP contribution in [0.1, 0.15) is 24.8 Å². The number of piperidine rings is 1. The summed E-state index contributed by atoms with van der Waals surface area (Å²) in [6, 6.07) is 7.49. The molecule has 2 aliphatic heterocycles. The Morgan fingerprint density at radius 1 is 1.12 bits per heavy atom. The van der Waals surface area contributed by atoms with Crippen molar-refractivity contribution in [3.63, 3.8) is 0 Å². The standard InChI is InChI=1S/C17H21N3O3.ClH/c21-15-10-13(17(23)20-15)9-11-1-3-14(4-2-11)19-16(22)12-5-7-18-8-6-12;/h1-4,12-13,18H,5-10H2,(H,19,22)(H,20,21,23);1H. The summed E-state index contributed by atoms with van der Waals surface area (Å²) in [6.07, 6.45) is 2.54. The first kappa shape index (κ1) is 18.4. The fraction of sp³-hybridized carbons (Fsp3) is 0.471. The van der Waals surface area contributed by atoms with Crippen LogP contribution >= 0.6 is 12.4 Å². The minimum absolute atomic E-state index is 0. The molecule has 0 bridgehead atoms. The van der Waals surface area contributed by atoms with Crippen molar-refractivity contribution in [3.05, 3.63) is 29.8 Å². The lowest BCUT2D eigenvalue weighted by Gasteiger charge is -2.21. The predicted molar refractivity (Wildman–Crippen MR) is 92.9 cm³/mol. The van der Waals surface area contributed by atoms with Gasteiger partial charge in [0.05, 0.1) is 5.92 Å². The van der Waals surface area contributed by atoms with E-state index >= 15 is 0 Å². The van der Waals surface area contributed by atoms with Crippen molar-refractivity contribution in [1.29, 1.82) is 0 Å². The maximum atomic E-state index is 12.2. The number of hydrogen-bond acceptors (Lipinski definition) is 4. The molecule has 0 aromatic heterocycles. The topological polar surface area (TPSA) is 87.3 Å². The average Bonchev–Trinajstić information content (AvgIpc) is 2.87. The first-order valence-corrected chi connectivity index (χ1v) is 8.06. The second kappa shape index (κ2) is 8.26. The van der Waals surface area contributed by atoms with Crippen molar-refractivity contribution in [1.82, 2.24) is 10.6 Å². The van der Waals surface area contributed by atoms with Gasteiger partial charge >= 0.3 is 0 Å². The molecule has 6 nitrogen and oxygen atoms in total. The highest BCUT2D eigenvalue weighted by Crippen LogP contribution is 2.20. The first-order valence-electron chi connectivity index (χ1n) is 8.06. The van der Waals surface area contributed by atoms with Gasteiger partial charge in [-0.1, -0.05) is 12.1 Å². The molecule has 2 heterocycles. The molecule has 0 aliphatic carbocycles. The SMILES string of the molecule is Cl.O=C1CC(Cc2ccc(NC(=O)C3CCNCC3)cc2)C(=O)N1. The van der Waals surface area contributed by atoms with Crippen LogP contribution in [-0.4, -0.2) is 30.8 Å². The zero-order valence-corrected chi connectivity index (χ0v) is 14.2. The number of nitrogens with one attached hydrogen (secondary N) is 3. The van der Waals surface area contributed by atoms with Crippen LogP contribution < -0.4 is 16.0 Å². The molecule has 3 amide bonds. The number of carbonyl (C=O) groups is 3. The molecule has 0 saturated carbocycles. The van der Waals surface area contributed by atoms with Crippen LogP contribution in [0.4, 0.5) is 5.69 Å². The Kier molecular flexibility index (Phi) is 6.34. The number of rotatable bonds is 4. The smallest absolute Gasteiger partial charge is 0.230 e. The molecule has 1 aromatic rings. The van der Waals surface area contributed by atoms with E-state index in [4.69, 9.17) is 0 Å². The van der Waals surface area contributed by atoms with Gasteiger partial charge in [0.15, 0.2) is 0 Å². The van der Waals surface area contributed by atoms with Gasteiger partial charge < -0.3 is 10.6 Å². The molecule has 3 N–H and O–H groups in total. The van der Waals surface area contributed by atoms with Crippen LogP contribution in [0.5, 0.6) is 0 Å². The van der Waals surface area contributed by atoms with E-state index in [-0.39, 0.29) is 48.4 Å². The molecule has 24 heavy (non-hydrogen) atoms. The van der Waals surface area contributed by atoms with Crippen molar-refractivity contribution >= 4 is 35.8 Å². The normalized spacial score (nSPS) is 21.1. The lowest BCUT2D eigenvalue weighted by molar-refractivity contribution is -0.126. The van der Waals surface area contributed by atoms with Crippen LogP contribution in [0.3, 0.4) is 0 Å². The van der Waals surface area contributed by atoms with Crippen molar-refractivity contribution in [2.75, 3.05) is 18.4 Å². The molecular formula is C17H22ClN3O3. The van der Waals surface area contributed by atoms with E-state index in [9.17, 15) is 14.4 Å². The van der Waals surface area contributed by atoms with Gasteiger partial charge in [0.25, 0.3) is 0 Å². The van der Waals surface area contributed by atoms with Crippen molar-refractivity contribution in [3.8, 4) is 0 Å². The summed E-state index contributed by atoms with van der Waals surface area (Å²) in [6.45, 7) is 1.78. The summed E-state index contributed by atoms with van der Waals surface area (Å²) in [5.74, 6) is -0.536. The summed E-state index contributed by atoms with van der Waals surface area (Å²) < 4.78 is 0. The maximum Gasteiger partial charge on any atom is 0.230 e. The van der Waals surface area contributed by atoms with E-state index in [2.05, 4.69) is 16.0 Å². The summed E-state index contributed by atoms with van der Waals surface area (Å²) in [4.78, 5) is 35.0. The molecule has 0 spiro atoms. The Balaban J connectivity index is 0.00000208. The average molecular weight is 352 g/mol. The molecule has 2 saturated heterocycles. The van der Waals surface area contributed by atoms with Crippen LogP contribution in [0.2, 0.25) is 0 Å². The fourth-order valence-corrected chi connectivity index (χ4v) is 3.11. The summed E-state index contributed by atoms with van der Waals surface area (Å²) in [5.41, 5.74) is 1.75. The maximum absolute atomic E-state index is 12.2. The zero-order chi connectivity index (χ0) is 16.2. The second-order valence-corrected chi connectivity index (χ2v) is 6.23. The molecule has 2 fully saturated rings. The molecule has 0 radical (unpaired) electrons. The van der Waals surface area contributed by atoms with E-state index in [0.717, 1.165) is 37.2 Å². The molecule has 2 aliphatic rings. The van der Waals surface area contributed by atoms with Gasteiger partial charge in [0.1, 0.15) is 0 Å². The first-order chi connectivity index (χ1) is 11.1. The largest absolute Gasteiger partial charge is 0.326 e. The zero-order valence-electron chi connectivity index (χ0n) is 13.3. The number of amides is 3. The molecule has 130 valence electrons. The minimum atomic E-state index is -0.280. The number of benzene rings is 1. The Hall–Kier alpha value is -1.92. The molecule has 1 atom stereocenters. The Bertz CT molecular complexity index is 612. The van der Waals surface area contributed by atoms with Crippen molar-refractivity contribution in [2.24, 2.45) is 11.8 Å². The van der Waals surface area contributed by atoms with Gasteiger partial charge in [-0.15, -0.1) is 12.4 Å². The molecule has 3 rings (SSSR count). The van der Waals surface area contributed by atoms with E-state index in [1.165, 1.54) is 0 Å². The fourth-order valence-electron chi connectivity index (χ4n) is 3.11. The van der Waals surface area contributed by atoms with Crippen LogP contribution in [0.25, 0.3) is 0 Å². The molecular weight excluding hydrogens is 330 g/mol. The van der Waals surface area contributed by atoms with Gasteiger partial charge in [-0.3, -0.25) is 19.7 Å². The third kappa shape index (κ3) is 4.55. The molecule has 1 unspecified atom stereocenters. The molecule has 7 heteroatoms. The van der Waals surface area contributed by atoms with Gasteiger partial charge in [-0.25, -0.2) is 0 Å². The highest BCUT2D eigenvalue weighted by atomic mass is 35.5. The van der Waals surface area contributed by atoms with Crippen LogP contribution in [0.15, 0.2) is 24.3 Å². The van der Waals surface area contributed by atoms with Crippen LogP contribution in [-0.2, 0) is 20.8 Å². The molecule has 1 aromatic carbocycles. The van der Waals surface area contributed by atoms with E-state index in [1.54, 1.807) is 0 Å². The lowest BCUT2D eigenvalue weighted by Crippen LogP contribution is -2.34. The number of hydrogen-bond donors (Lipinski definition) is 3. The number of halogens is 1. The Morgan fingerprint density at radius 3 is 2.38 bits per heavy atom. The van der Waals surface area contributed by atoms with Gasteiger partial charge in [-0.2, -0.15) is 0 Å². The summed E-state index contributed by atoms with van der Waals surface area (Å²) in [7, 11) is 0. The highest BCUT2D eigenvalue weighted by Gasteiger charge is 2.30. The second-order valence-electron chi connectivity index (χ2n) is 6.23. The quantitative estimate of drug-likeness (QED) is 0.712. The Morgan fingerprint density at radius 2 is 1.79 bits per heavy atom. The summed E-state index contributed by atoms with van der Waals surface area (Å²) >= 11 is 0. The van der Waals surface area contributed by atoms with E-state index < -0.39 is 0 Å². The van der Waals surface area contributed by atoms with E-state index in [0.29, 0.717) is 6.42 Å². The van der Waals surface area contributed by atoms with Crippen molar-refractivity contribution in [2.45, 2.75) is 25.7 Å². The summed E-state index contributed by atoms with van der Waals surface area (Å²) in [5, 5.41) is 8.51. The van der Waals surface area contributed by atoms with Crippen molar-refractivity contribution < 1.29 is 14.4 Å². The van der Waals surface area contributed by atoms with Gasteiger partial charge in [0, 0.05) is 18.0 Å². The van der Waals surface area contributed by atoms with Gasteiger partial charge in [-0.05, 0) is 50.0 Å². The minimum Gasteiger partial charge on any atom is -0.326 e. The Labute approximate surface area is 147 Å². The van der Waals surface area contributed by atoms with Gasteiger partial charge in [0.2, 0.25) is 17.7 Å². The lowest BCUT2D eigenvalue weighted by atomic mass is 9.96. The number of carbonyl (C=O) groups excluding carboxylic acids is 3. The predicted octanol–water partition coefficient (Wildman–Crippen LogP) is 1.25. The van der Waals surface area contributed by atoms with Crippen LogP contribution in [0, 0.1) is 11.8 Å².